The number of hydrogen-bond donors (Lipinski definition) is 0. The molecule has 0 rings (SSSR count). The number of carboxylic acid groups (broad SMARTS) is 1. The molecule has 0 aliphatic carbocycles. The van der Waals surface area contributed by atoms with Gasteiger partial charge in [0.05, 0.1) is 40.3 Å². The van der Waals surface area contributed by atoms with Gasteiger partial charge in [-0.05, 0) is 193 Å². The molecule has 0 aromatic heterocycles. The highest BCUT2D eigenvalue weighted by Gasteiger charge is 2.22. The molecule has 0 aromatic carbocycles. The molecule has 566 valence electrons. The first-order chi connectivity index (χ1) is 50.6. The summed E-state index contributed by atoms with van der Waals surface area (Å²) in [5.41, 5.74) is 0. The predicted octanol–water partition coefficient (Wildman–Crippen LogP) is 24.1. The van der Waals surface area contributed by atoms with Gasteiger partial charge in [-0.15, -0.1) is 0 Å². The molecule has 0 amide bonds. The molecule has 9 nitrogen and oxygen atoms in total. The minimum absolute atomic E-state index is 0.114. The number of esters is 2. The van der Waals surface area contributed by atoms with Gasteiger partial charge in [0.25, 0.3) is 0 Å². The van der Waals surface area contributed by atoms with Gasteiger partial charge < -0.3 is 33.3 Å². The van der Waals surface area contributed by atoms with E-state index < -0.39 is 30.3 Å². The number of carboxylic acids is 1. The minimum Gasteiger partial charge on any atom is -0.545 e. The average Bonchev–Trinajstić information content (AvgIpc) is 1.06. The third kappa shape index (κ3) is 81.2. The van der Waals surface area contributed by atoms with Crippen LogP contribution in [-0.2, 0) is 33.3 Å². The van der Waals surface area contributed by atoms with E-state index in [1.807, 2.05) is 21.1 Å². The molecule has 2 unspecified atom stereocenters. The largest absolute Gasteiger partial charge is 0.545 e. The van der Waals surface area contributed by atoms with Crippen LogP contribution in [0.25, 0.3) is 0 Å². The summed E-state index contributed by atoms with van der Waals surface area (Å²) >= 11 is 0. The van der Waals surface area contributed by atoms with Crippen molar-refractivity contribution in [2.75, 3.05) is 47.5 Å². The summed E-state index contributed by atoms with van der Waals surface area (Å²) in [6.07, 6.45) is 131. The minimum atomic E-state index is -1.67. The summed E-state index contributed by atoms with van der Waals surface area (Å²) in [5, 5.41) is 11.8. The Hall–Kier alpha value is -7.95. The fraction of sp³-hybridized carbons (Fsp3) is 0.457. The van der Waals surface area contributed by atoms with Crippen LogP contribution in [0.3, 0.4) is 0 Å². The van der Waals surface area contributed by atoms with Crippen LogP contribution in [0.4, 0.5) is 0 Å². The number of quaternary nitrogens is 1. The number of ether oxygens (including phenoxy) is 4. The van der Waals surface area contributed by atoms with E-state index in [1.165, 1.54) is 0 Å². The molecule has 2 atom stereocenters. The highest BCUT2D eigenvalue weighted by atomic mass is 16.7. The summed E-state index contributed by atoms with van der Waals surface area (Å²) < 4.78 is 22.7. The van der Waals surface area contributed by atoms with Crippen molar-refractivity contribution in [2.45, 2.75) is 232 Å². The van der Waals surface area contributed by atoms with E-state index in [0.717, 1.165) is 180 Å². The topological polar surface area (TPSA) is 111 Å². The summed E-state index contributed by atoms with van der Waals surface area (Å²) in [6.45, 7) is 4.37. The first-order valence-corrected chi connectivity index (χ1v) is 38.8. The van der Waals surface area contributed by atoms with E-state index in [-0.39, 0.29) is 32.7 Å². The van der Waals surface area contributed by atoms with Gasteiger partial charge in [0.2, 0.25) is 0 Å². The van der Waals surface area contributed by atoms with Gasteiger partial charge in [0.1, 0.15) is 13.2 Å². The fourth-order valence-electron chi connectivity index (χ4n) is 9.03. The zero-order chi connectivity index (χ0) is 74.6. The molecule has 0 aliphatic rings. The molecule has 0 aliphatic heterocycles. The third-order valence-electron chi connectivity index (χ3n) is 14.8. The second-order valence-corrected chi connectivity index (χ2v) is 25.5. The van der Waals surface area contributed by atoms with Crippen LogP contribution >= 0.6 is 0 Å². The lowest BCUT2D eigenvalue weighted by molar-refractivity contribution is -0.870. The Kier molecular flexibility index (Phi) is 73.6. The standard InChI is InChI=1S/C94H137NO8/c1-6-8-10-12-14-16-18-20-22-24-26-28-30-32-34-36-38-40-42-44-46-48-50-52-54-56-58-60-62-64-66-68-70-72-74-76-78-80-82-84-91(96)101-88-90(89-102-94(93(98)99)100-87-86-95(3,4)5)103-92(97)85-83-81-79-77-75-73-71-69-67-65-63-61-59-57-55-53-51-49-47-45-43-41-39-37-35-33-31-29-27-25-23-21-19-17-15-13-11-9-7-2/h8-11,14-17,20-23,26-29,32-35,38-41,44-47,50-53,56-59,62-65,68-71,74-77,90,94H,6-7,12-13,18-19,24-25,30-31,36-37,42-43,48-49,54-55,60-61,66-67,72-73,78-89H2,1-5H3/b10-8-,11-9-,16-14-,17-15-,22-20-,23-21-,28-26-,29-27-,34-32-,35-33-,40-38-,41-39-,46-44-,47-45-,52-50-,53-51-,58-56-,59-57-,64-62-,65-63-,70-68-,71-69-,76-74-,77-75-. The van der Waals surface area contributed by atoms with Crippen molar-refractivity contribution in [1.82, 2.24) is 0 Å². The fourth-order valence-corrected chi connectivity index (χ4v) is 9.03. The highest BCUT2D eigenvalue weighted by molar-refractivity contribution is 5.70. The van der Waals surface area contributed by atoms with Crippen LogP contribution < -0.4 is 5.11 Å². The van der Waals surface area contributed by atoms with Crippen molar-refractivity contribution in [3.05, 3.63) is 292 Å². The lowest BCUT2D eigenvalue weighted by Gasteiger charge is -2.26. The van der Waals surface area contributed by atoms with Crippen LogP contribution in [-0.4, -0.2) is 82.3 Å². The number of rotatable bonds is 67. The van der Waals surface area contributed by atoms with Gasteiger partial charge in [-0.3, -0.25) is 9.59 Å². The van der Waals surface area contributed by atoms with Crippen LogP contribution in [0.5, 0.6) is 0 Å². The summed E-state index contributed by atoms with van der Waals surface area (Å²) in [7, 11) is 5.88. The Morgan fingerprint density at radius 3 is 0.738 bits per heavy atom. The molecule has 103 heavy (non-hydrogen) atoms. The number of likely N-dealkylation sites (N-methyl/N-ethyl adjacent to an activating group) is 1. The molecule has 9 heteroatoms. The Morgan fingerprint density at radius 2 is 0.515 bits per heavy atom. The normalized spacial score (nSPS) is 14.3. The van der Waals surface area contributed by atoms with Crippen LogP contribution in [0.1, 0.15) is 219 Å². The quantitative estimate of drug-likeness (QED) is 0.0195. The van der Waals surface area contributed by atoms with Gasteiger partial charge >= 0.3 is 11.9 Å². The summed E-state index contributed by atoms with van der Waals surface area (Å²) in [5.74, 6) is -2.44. The number of nitrogens with zero attached hydrogens (tertiary/aromatic N) is 1. The van der Waals surface area contributed by atoms with Crippen molar-refractivity contribution in [2.24, 2.45) is 0 Å². The third-order valence-corrected chi connectivity index (χ3v) is 14.8. The Labute approximate surface area is 628 Å². The van der Waals surface area contributed by atoms with E-state index in [2.05, 4.69) is 305 Å². The van der Waals surface area contributed by atoms with Crippen LogP contribution in [0.2, 0.25) is 0 Å². The van der Waals surface area contributed by atoms with Crippen molar-refractivity contribution in [3.63, 3.8) is 0 Å². The van der Waals surface area contributed by atoms with Crippen molar-refractivity contribution in [3.8, 4) is 0 Å². The molecule has 0 saturated carbocycles. The van der Waals surface area contributed by atoms with E-state index in [9.17, 15) is 19.5 Å². The zero-order valence-electron chi connectivity index (χ0n) is 64.5. The summed E-state index contributed by atoms with van der Waals surface area (Å²) in [6, 6.07) is 0. The van der Waals surface area contributed by atoms with E-state index in [4.69, 9.17) is 18.9 Å². The number of allylic oxidation sites excluding steroid dienone is 48. The lowest BCUT2D eigenvalue weighted by Crippen LogP contribution is -2.44. The van der Waals surface area contributed by atoms with Gasteiger partial charge in [-0.2, -0.15) is 0 Å². The number of hydrogen-bond acceptors (Lipinski definition) is 8. The van der Waals surface area contributed by atoms with E-state index in [0.29, 0.717) is 23.9 Å². The first-order valence-electron chi connectivity index (χ1n) is 38.8. The second kappa shape index (κ2) is 79.7. The Bertz CT molecular complexity index is 2810. The van der Waals surface area contributed by atoms with Crippen LogP contribution in [0.15, 0.2) is 292 Å². The number of unbranched alkanes of at least 4 members (excludes halogenated alkanes) is 4. The van der Waals surface area contributed by atoms with Crippen molar-refractivity contribution < 1.29 is 42.9 Å². The van der Waals surface area contributed by atoms with Crippen molar-refractivity contribution >= 4 is 17.9 Å². The van der Waals surface area contributed by atoms with E-state index >= 15 is 0 Å². The number of aliphatic carboxylic acids is 1. The maximum atomic E-state index is 12.9. The zero-order valence-corrected chi connectivity index (χ0v) is 64.5. The van der Waals surface area contributed by atoms with Gasteiger partial charge in [0.15, 0.2) is 12.4 Å². The Morgan fingerprint density at radius 1 is 0.291 bits per heavy atom. The Balaban J connectivity index is 4.36. The molecule has 0 radical (unpaired) electrons. The number of carbonyl (C=O) groups excluding carboxylic acids is 3. The van der Waals surface area contributed by atoms with Gasteiger partial charge in [-0.1, -0.05) is 305 Å². The monoisotopic (exact) mass is 1410 g/mol. The smallest absolute Gasteiger partial charge is 0.306 e. The summed E-state index contributed by atoms with van der Waals surface area (Å²) in [4.78, 5) is 37.5. The first kappa shape index (κ1) is 95.0. The molecule has 0 bridgehead atoms. The molecule has 0 fully saturated rings. The van der Waals surface area contributed by atoms with Crippen molar-refractivity contribution in [1.29, 1.82) is 0 Å². The molecular weight excluding hydrogens is 1270 g/mol. The maximum Gasteiger partial charge on any atom is 0.306 e. The molecule has 0 spiro atoms. The molecule has 0 N–H and O–H groups in total. The second-order valence-electron chi connectivity index (χ2n) is 25.5. The van der Waals surface area contributed by atoms with E-state index in [1.54, 1.807) is 0 Å². The maximum absolute atomic E-state index is 12.9. The SMILES string of the molecule is CC/C=C\C/C=C\C/C=C\C/C=C\C/C=C\C/C=C\C/C=C\C/C=C\C/C=C\C/C=C\C/C=C\C/C=C\CCCCC(=O)OCC(COC(OCC[N+](C)(C)C)C(=O)[O-])OC(=O)CCCC/C=C\C/C=C\C/C=C\C/C=C\C/C=C\C/C=C\C/C=C\C/C=C\C/C=C\C/C=C\C/C=C\C/C=C\CC. The molecule has 0 heterocycles. The van der Waals surface area contributed by atoms with Gasteiger partial charge in [0, 0.05) is 12.8 Å². The molecule has 0 saturated heterocycles. The number of carbonyl (C=O) groups is 3. The highest BCUT2D eigenvalue weighted by Crippen LogP contribution is 2.11. The van der Waals surface area contributed by atoms with Gasteiger partial charge in [-0.25, -0.2) is 0 Å². The average molecular weight is 1410 g/mol. The van der Waals surface area contributed by atoms with Crippen LogP contribution in [0, 0.1) is 0 Å². The molecule has 0 aromatic rings. The molecular formula is C94H137NO8. The lowest BCUT2D eigenvalue weighted by atomic mass is 10.1. The predicted molar refractivity (Wildman–Crippen MR) is 443 cm³/mol.